The van der Waals surface area contributed by atoms with Gasteiger partial charge in [-0.3, -0.25) is 10.1 Å². The summed E-state index contributed by atoms with van der Waals surface area (Å²) in [7, 11) is -4.11. The molecule has 118 valence electrons. The van der Waals surface area contributed by atoms with Gasteiger partial charge in [-0.25, -0.2) is 17.5 Å². The molecular weight excluding hydrogens is 303 g/mol. The van der Waals surface area contributed by atoms with Crippen LogP contribution in [0.4, 0.5) is 10.1 Å². The second-order valence-electron chi connectivity index (χ2n) is 5.33. The average Bonchev–Trinajstić information content (AvgIpc) is 2.36. The molecule has 0 heterocycles. The Morgan fingerprint density at radius 2 is 2.05 bits per heavy atom. The molecule has 7 nitrogen and oxygen atoms in total. The van der Waals surface area contributed by atoms with E-state index in [9.17, 15) is 22.9 Å². The van der Waals surface area contributed by atoms with Crippen LogP contribution in [0.3, 0.4) is 0 Å². The number of nitro groups is 1. The van der Waals surface area contributed by atoms with Crippen molar-refractivity contribution in [1.29, 1.82) is 0 Å². The van der Waals surface area contributed by atoms with Crippen molar-refractivity contribution in [2.45, 2.75) is 25.2 Å². The molecule has 0 saturated carbocycles. The fourth-order valence-corrected chi connectivity index (χ4v) is 2.88. The molecule has 0 saturated heterocycles. The fraction of sp³-hybridized carbons (Fsp3) is 0.500. The Balaban J connectivity index is 2.96. The van der Waals surface area contributed by atoms with Crippen LogP contribution in [0.15, 0.2) is 23.1 Å². The largest absolute Gasteiger partial charge is 0.396 e. The second-order valence-corrected chi connectivity index (χ2v) is 7.07. The molecule has 0 fully saturated rings. The van der Waals surface area contributed by atoms with E-state index in [0.29, 0.717) is 12.5 Å². The standard InChI is InChI=1S/C12H17FN2O5S/c1-12(2,5-6-16)8-14-21(19,20)11-4-3-9(15(17)18)7-10(11)13/h3-4,7,14,16H,5-6,8H2,1-2H3. The van der Waals surface area contributed by atoms with Crippen LogP contribution in [-0.4, -0.2) is 31.6 Å². The van der Waals surface area contributed by atoms with Gasteiger partial charge in [0.2, 0.25) is 10.0 Å². The average molecular weight is 320 g/mol. The molecule has 0 aliphatic carbocycles. The maximum absolute atomic E-state index is 13.7. The quantitative estimate of drug-likeness (QED) is 0.583. The van der Waals surface area contributed by atoms with Crippen LogP contribution in [0.5, 0.6) is 0 Å². The molecule has 0 amide bonds. The molecule has 2 N–H and O–H groups in total. The Hall–Kier alpha value is -1.58. The van der Waals surface area contributed by atoms with Gasteiger partial charge < -0.3 is 5.11 Å². The molecule has 0 spiro atoms. The number of nitrogens with zero attached hydrogens (tertiary/aromatic N) is 1. The number of hydrogen-bond acceptors (Lipinski definition) is 5. The highest BCUT2D eigenvalue weighted by Crippen LogP contribution is 2.22. The Labute approximate surface area is 122 Å². The van der Waals surface area contributed by atoms with Crippen LogP contribution >= 0.6 is 0 Å². The van der Waals surface area contributed by atoms with Gasteiger partial charge in [-0.2, -0.15) is 0 Å². The Morgan fingerprint density at radius 1 is 1.43 bits per heavy atom. The third-order valence-corrected chi connectivity index (χ3v) is 4.38. The van der Waals surface area contributed by atoms with Crippen molar-refractivity contribution >= 4 is 15.7 Å². The number of hydrogen-bond donors (Lipinski definition) is 2. The summed E-state index contributed by atoms with van der Waals surface area (Å²) >= 11 is 0. The maximum atomic E-state index is 13.7. The van der Waals surface area contributed by atoms with Crippen LogP contribution < -0.4 is 4.72 Å². The zero-order valence-corrected chi connectivity index (χ0v) is 12.5. The lowest BCUT2D eigenvalue weighted by Gasteiger charge is -2.23. The summed E-state index contributed by atoms with van der Waals surface area (Å²) in [5.41, 5.74) is -1.02. The van der Waals surface area contributed by atoms with Crippen molar-refractivity contribution in [1.82, 2.24) is 4.72 Å². The van der Waals surface area contributed by atoms with E-state index < -0.39 is 36.8 Å². The molecule has 9 heteroatoms. The fourth-order valence-electron chi connectivity index (χ4n) is 1.58. The number of rotatable bonds is 7. The second kappa shape index (κ2) is 6.46. The van der Waals surface area contributed by atoms with Crippen molar-refractivity contribution in [3.63, 3.8) is 0 Å². The Kier molecular flexibility index (Phi) is 5.37. The van der Waals surface area contributed by atoms with E-state index in [1.807, 2.05) is 0 Å². The van der Waals surface area contributed by atoms with Crippen LogP contribution in [0.2, 0.25) is 0 Å². The first-order valence-corrected chi connectivity index (χ1v) is 7.62. The molecule has 1 aromatic rings. The number of aliphatic hydroxyl groups is 1. The summed E-state index contributed by atoms with van der Waals surface area (Å²) in [5.74, 6) is -1.18. The van der Waals surface area contributed by atoms with Crippen molar-refractivity contribution in [3.8, 4) is 0 Å². The number of nitrogens with one attached hydrogen (secondary N) is 1. The summed E-state index contributed by atoms with van der Waals surface area (Å²) in [6, 6.07) is 2.35. The van der Waals surface area contributed by atoms with E-state index >= 15 is 0 Å². The Bertz CT molecular complexity index is 631. The normalized spacial score (nSPS) is 12.4. The lowest BCUT2D eigenvalue weighted by molar-refractivity contribution is -0.385. The summed E-state index contributed by atoms with van der Waals surface area (Å²) < 4.78 is 40.0. The predicted molar refractivity (Wildman–Crippen MR) is 73.7 cm³/mol. The molecule has 1 aromatic carbocycles. The van der Waals surface area contributed by atoms with E-state index in [2.05, 4.69) is 4.72 Å². The third-order valence-electron chi connectivity index (χ3n) is 2.95. The van der Waals surface area contributed by atoms with Gasteiger partial charge in [-0.15, -0.1) is 0 Å². The minimum atomic E-state index is -4.11. The molecule has 0 atom stereocenters. The van der Waals surface area contributed by atoms with Crippen molar-refractivity contribution in [2.24, 2.45) is 5.41 Å². The number of non-ortho nitro benzene ring substituents is 1. The summed E-state index contributed by atoms with van der Waals surface area (Å²) in [5, 5.41) is 19.4. The molecule has 0 radical (unpaired) electrons. The Morgan fingerprint density at radius 3 is 2.52 bits per heavy atom. The van der Waals surface area contributed by atoms with Crippen LogP contribution in [-0.2, 0) is 10.0 Å². The minimum absolute atomic E-state index is 0.00627. The number of sulfonamides is 1. The monoisotopic (exact) mass is 320 g/mol. The van der Waals surface area contributed by atoms with Gasteiger partial charge in [-0.05, 0) is 17.9 Å². The molecule has 0 unspecified atom stereocenters. The zero-order chi connectivity index (χ0) is 16.3. The van der Waals surface area contributed by atoms with Gasteiger partial charge in [0.25, 0.3) is 5.69 Å². The van der Waals surface area contributed by atoms with Crippen molar-refractivity contribution in [2.75, 3.05) is 13.2 Å². The van der Waals surface area contributed by atoms with Crippen molar-refractivity contribution < 1.29 is 22.8 Å². The van der Waals surface area contributed by atoms with Gasteiger partial charge in [0.15, 0.2) is 0 Å². The van der Waals surface area contributed by atoms with Crippen molar-refractivity contribution in [3.05, 3.63) is 34.1 Å². The van der Waals surface area contributed by atoms with E-state index in [0.717, 1.165) is 12.1 Å². The first-order chi connectivity index (χ1) is 9.59. The van der Waals surface area contributed by atoms with Gasteiger partial charge in [-0.1, -0.05) is 13.8 Å². The van der Waals surface area contributed by atoms with Crippen LogP contribution in [0.1, 0.15) is 20.3 Å². The molecule has 0 aliphatic heterocycles. The minimum Gasteiger partial charge on any atom is -0.396 e. The first-order valence-electron chi connectivity index (χ1n) is 6.13. The number of nitro benzene ring substituents is 1. The first kappa shape index (κ1) is 17.5. The predicted octanol–water partition coefficient (Wildman–Crippen LogP) is 1.42. The highest BCUT2D eigenvalue weighted by atomic mass is 32.2. The lowest BCUT2D eigenvalue weighted by Crippen LogP contribution is -2.35. The number of benzene rings is 1. The number of halogens is 1. The van der Waals surface area contributed by atoms with Crippen LogP contribution in [0.25, 0.3) is 0 Å². The summed E-state index contributed by atoms with van der Waals surface area (Å²) in [6.45, 7) is 3.41. The molecular formula is C12H17FN2O5S. The van der Waals surface area contributed by atoms with Gasteiger partial charge >= 0.3 is 0 Å². The molecule has 0 aromatic heterocycles. The zero-order valence-electron chi connectivity index (χ0n) is 11.7. The van der Waals surface area contributed by atoms with E-state index in [4.69, 9.17) is 5.11 Å². The molecule has 21 heavy (non-hydrogen) atoms. The molecule has 0 bridgehead atoms. The van der Waals surface area contributed by atoms with Gasteiger partial charge in [0.1, 0.15) is 10.7 Å². The SMILES string of the molecule is CC(C)(CCO)CNS(=O)(=O)c1ccc([N+](=O)[O-])cc1F. The third kappa shape index (κ3) is 4.73. The highest BCUT2D eigenvalue weighted by Gasteiger charge is 2.25. The summed E-state index contributed by atoms with van der Waals surface area (Å²) in [4.78, 5) is 9.04. The molecule has 1 rings (SSSR count). The van der Waals surface area contributed by atoms with Gasteiger partial charge in [0, 0.05) is 19.2 Å². The number of aliphatic hydroxyl groups excluding tert-OH is 1. The smallest absolute Gasteiger partial charge is 0.272 e. The highest BCUT2D eigenvalue weighted by molar-refractivity contribution is 7.89. The van der Waals surface area contributed by atoms with E-state index in [1.165, 1.54) is 0 Å². The van der Waals surface area contributed by atoms with Crippen LogP contribution in [0, 0.1) is 21.3 Å². The van der Waals surface area contributed by atoms with E-state index in [-0.39, 0.29) is 13.2 Å². The summed E-state index contributed by atoms with van der Waals surface area (Å²) in [6.07, 6.45) is 0.373. The van der Waals surface area contributed by atoms with E-state index in [1.54, 1.807) is 13.8 Å². The van der Waals surface area contributed by atoms with Gasteiger partial charge in [0.05, 0.1) is 11.0 Å². The lowest BCUT2D eigenvalue weighted by atomic mass is 9.90. The maximum Gasteiger partial charge on any atom is 0.272 e. The topological polar surface area (TPSA) is 110 Å². The molecule has 0 aliphatic rings.